The van der Waals surface area contributed by atoms with E-state index >= 15 is 0 Å². The zero-order valence-corrected chi connectivity index (χ0v) is 17.3. The molecule has 0 aliphatic heterocycles. The smallest absolute Gasteiger partial charge is 0.255 e. The molecule has 4 N–H and O–H groups in total. The van der Waals surface area contributed by atoms with E-state index in [0.717, 1.165) is 11.1 Å². The Bertz CT molecular complexity index is 1040. The number of carbonyl (C=O) groups excluding carboxylic acids is 1. The van der Waals surface area contributed by atoms with E-state index in [1.165, 1.54) is 7.11 Å². The Morgan fingerprint density at radius 2 is 2.11 bits per heavy atom. The van der Waals surface area contributed by atoms with Crippen LogP contribution in [-0.2, 0) is 11.3 Å². The quantitative estimate of drug-likeness (QED) is 0.443. The molecule has 0 aliphatic rings. The lowest BCUT2D eigenvalue weighted by molar-refractivity contribution is -0.119. The molecule has 28 heavy (non-hydrogen) atoms. The van der Waals surface area contributed by atoms with Gasteiger partial charge in [-0.1, -0.05) is 30.3 Å². The Morgan fingerprint density at radius 3 is 2.79 bits per heavy atom. The molecule has 0 spiro atoms. The summed E-state index contributed by atoms with van der Waals surface area (Å²) in [6.07, 6.45) is 0. The van der Waals surface area contributed by atoms with Crippen LogP contribution < -0.4 is 20.6 Å². The SMILES string of the molecule is COc1cc(CNn2c(-c3ccccc3)n[nH]c2=S)cc(Br)c1OCC(N)=O. The summed E-state index contributed by atoms with van der Waals surface area (Å²) in [6, 6.07) is 13.4. The van der Waals surface area contributed by atoms with Gasteiger partial charge < -0.3 is 20.6 Å². The number of nitrogens with two attached hydrogens (primary N) is 1. The molecule has 2 aromatic carbocycles. The van der Waals surface area contributed by atoms with E-state index in [1.807, 2.05) is 36.4 Å². The Kier molecular flexibility index (Phi) is 6.32. The summed E-state index contributed by atoms with van der Waals surface area (Å²) in [5.41, 5.74) is 10.2. The predicted molar refractivity (Wildman–Crippen MR) is 111 cm³/mol. The highest BCUT2D eigenvalue weighted by atomic mass is 79.9. The summed E-state index contributed by atoms with van der Waals surface area (Å²) >= 11 is 8.77. The zero-order valence-electron chi connectivity index (χ0n) is 14.9. The number of rotatable bonds is 8. The van der Waals surface area contributed by atoms with E-state index in [-0.39, 0.29) is 6.61 Å². The minimum atomic E-state index is -0.567. The summed E-state index contributed by atoms with van der Waals surface area (Å²) in [7, 11) is 1.52. The van der Waals surface area contributed by atoms with Crippen molar-refractivity contribution >= 4 is 34.1 Å². The molecule has 3 aromatic rings. The number of halogens is 1. The van der Waals surface area contributed by atoms with Crippen LogP contribution in [-0.4, -0.2) is 34.5 Å². The lowest BCUT2D eigenvalue weighted by Crippen LogP contribution is -2.20. The molecule has 0 saturated heterocycles. The second-order valence-electron chi connectivity index (χ2n) is 5.75. The van der Waals surface area contributed by atoms with E-state index in [4.69, 9.17) is 27.4 Å². The van der Waals surface area contributed by atoms with E-state index in [1.54, 1.807) is 10.7 Å². The van der Waals surface area contributed by atoms with Gasteiger partial charge in [0.15, 0.2) is 23.9 Å². The van der Waals surface area contributed by atoms with Gasteiger partial charge in [0.2, 0.25) is 4.77 Å². The standard InChI is InChI=1S/C18H18BrN5O3S/c1-26-14-8-11(7-13(19)16(14)27-10-15(20)25)9-21-24-17(22-23-18(24)28)12-5-3-2-4-6-12/h2-8,21H,9-10H2,1H3,(H2,20,25)(H,23,28). The molecule has 1 amide bonds. The number of primary amides is 1. The summed E-state index contributed by atoms with van der Waals surface area (Å²) < 4.78 is 13.6. The molecule has 3 rings (SSSR count). The van der Waals surface area contributed by atoms with Crippen LogP contribution in [0, 0.1) is 4.77 Å². The fourth-order valence-corrected chi connectivity index (χ4v) is 3.35. The average molecular weight is 464 g/mol. The molecule has 0 radical (unpaired) electrons. The molecular formula is C18H18BrN5O3S. The summed E-state index contributed by atoms with van der Waals surface area (Å²) in [5.74, 6) is 1.00. The van der Waals surface area contributed by atoms with Crippen molar-refractivity contribution in [1.82, 2.24) is 14.9 Å². The van der Waals surface area contributed by atoms with Gasteiger partial charge in [0.05, 0.1) is 18.1 Å². The lowest BCUT2D eigenvalue weighted by Gasteiger charge is -2.15. The van der Waals surface area contributed by atoms with E-state index in [2.05, 4.69) is 31.6 Å². The summed E-state index contributed by atoms with van der Waals surface area (Å²) in [5, 5.41) is 7.09. The normalized spacial score (nSPS) is 10.5. The minimum absolute atomic E-state index is 0.239. The molecule has 0 bridgehead atoms. The Morgan fingerprint density at radius 1 is 1.36 bits per heavy atom. The van der Waals surface area contributed by atoms with Gasteiger partial charge in [0, 0.05) is 5.56 Å². The number of methoxy groups -OCH3 is 1. The van der Waals surface area contributed by atoms with Crippen LogP contribution >= 0.6 is 28.1 Å². The van der Waals surface area contributed by atoms with Crippen LogP contribution in [0.1, 0.15) is 5.56 Å². The van der Waals surface area contributed by atoms with Gasteiger partial charge in [0.1, 0.15) is 0 Å². The number of hydrogen-bond donors (Lipinski definition) is 3. The largest absolute Gasteiger partial charge is 0.493 e. The van der Waals surface area contributed by atoms with E-state index in [0.29, 0.717) is 33.1 Å². The molecule has 0 atom stereocenters. The highest BCUT2D eigenvalue weighted by Gasteiger charge is 2.14. The Hall–Kier alpha value is -2.85. The third-order valence-corrected chi connectivity index (χ3v) is 4.66. The van der Waals surface area contributed by atoms with Gasteiger partial charge in [-0.05, 0) is 45.8 Å². The number of carbonyl (C=O) groups is 1. The first-order valence-corrected chi connectivity index (χ1v) is 9.44. The van der Waals surface area contributed by atoms with Gasteiger partial charge >= 0.3 is 0 Å². The zero-order chi connectivity index (χ0) is 20.1. The predicted octanol–water partition coefficient (Wildman–Crippen LogP) is 2.99. The summed E-state index contributed by atoms with van der Waals surface area (Å²) in [6.45, 7) is 0.204. The molecule has 8 nitrogen and oxygen atoms in total. The van der Waals surface area contributed by atoms with Crippen LogP contribution in [0.25, 0.3) is 11.4 Å². The van der Waals surface area contributed by atoms with Crippen molar-refractivity contribution in [3.63, 3.8) is 0 Å². The monoisotopic (exact) mass is 463 g/mol. The van der Waals surface area contributed by atoms with Crippen molar-refractivity contribution in [2.75, 3.05) is 19.1 Å². The first-order chi connectivity index (χ1) is 13.5. The molecule has 146 valence electrons. The molecular weight excluding hydrogens is 446 g/mol. The first kappa shape index (κ1) is 19.9. The van der Waals surface area contributed by atoms with Crippen LogP contribution in [0.2, 0.25) is 0 Å². The van der Waals surface area contributed by atoms with Crippen molar-refractivity contribution in [2.24, 2.45) is 5.73 Å². The van der Waals surface area contributed by atoms with E-state index < -0.39 is 5.91 Å². The van der Waals surface area contributed by atoms with Gasteiger partial charge in [-0.2, -0.15) is 5.10 Å². The number of benzene rings is 2. The molecule has 0 aliphatic carbocycles. The van der Waals surface area contributed by atoms with Crippen molar-refractivity contribution in [3.8, 4) is 22.9 Å². The van der Waals surface area contributed by atoms with Crippen molar-refractivity contribution < 1.29 is 14.3 Å². The number of ether oxygens (including phenoxy) is 2. The van der Waals surface area contributed by atoms with Crippen LogP contribution in [0.15, 0.2) is 46.9 Å². The second-order valence-corrected chi connectivity index (χ2v) is 6.99. The van der Waals surface area contributed by atoms with Crippen LogP contribution in [0.3, 0.4) is 0 Å². The van der Waals surface area contributed by atoms with Crippen LogP contribution in [0.4, 0.5) is 0 Å². The lowest BCUT2D eigenvalue weighted by atomic mass is 10.2. The maximum Gasteiger partial charge on any atom is 0.255 e. The number of amides is 1. The first-order valence-electron chi connectivity index (χ1n) is 8.24. The molecule has 1 heterocycles. The third kappa shape index (κ3) is 4.52. The van der Waals surface area contributed by atoms with Gasteiger partial charge in [-0.3, -0.25) is 4.79 Å². The number of aromatic nitrogens is 3. The fourth-order valence-electron chi connectivity index (χ4n) is 2.55. The third-order valence-electron chi connectivity index (χ3n) is 3.79. The van der Waals surface area contributed by atoms with Gasteiger partial charge in [-0.25, -0.2) is 9.77 Å². The van der Waals surface area contributed by atoms with Crippen molar-refractivity contribution in [1.29, 1.82) is 0 Å². The van der Waals surface area contributed by atoms with Crippen LogP contribution in [0.5, 0.6) is 11.5 Å². The molecule has 1 aromatic heterocycles. The number of nitrogens with zero attached hydrogens (tertiary/aromatic N) is 2. The highest BCUT2D eigenvalue weighted by Crippen LogP contribution is 2.36. The molecule has 0 unspecified atom stereocenters. The van der Waals surface area contributed by atoms with Gasteiger partial charge in [0.25, 0.3) is 5.91 Å². The number of aromatic amines is 1. The fraction of sp³-hybridized carbons (Fsp3) is 0.167. The highest BCUT2D eigenvalue weighted by molar-refractivity contribution is 9.10. The van der Waals surface area contributed by atoms with E-state index in [9.17, 15) is 4.79 Å². The Balaban J connectivity index is 1.82. The molecule has 0 saturated carbocycles. The Labute approximate surface area is 174 Å². The maximum absolute atomic E-state index is 11.0. The summed E-state index contributed by atoms with van der Waals surface area (Å²) in [4.78, 5) is 11.0. The maximum atomic E-state index is 11.0. The topological polar surface area (TPSA) is 107 Å². The molecule has 10 heteroatoms. The average Bonchev–Trinajstić information content (AvgIpc) is 3.06. The van der Waals surface area contributed by atoms with Gasteiger partial charge in [-0.15, -0.1) is 0 Å². The number of H-pyrrole nitrogens is 1. The number of nitrogens with one attached hydrogen (secondary N) is 2. The van der Waals surface area contributed by atoms with Crippen molar-refractivity contribution in [3.05, 3.63) is 57.3 Å². The molecule has 0 fully saturated rings. The minimum Gasteiger partial charge on any atom is -0.493 e. The number of hydrogen-bond acceptors (Lipinski definition) is 6. The van der Waals surface area contributed by atoms with Crippen molar-refractivity contribution in [2.45, 2.75) is 6.54 Å². The second kappa shape index (κ2) is 8.89.